The lowest BCUT2D eigenvalue weighted by Gasteiger charge is -2.27. The predicted octanol–water partition coefficient (Wildman–Crippen LogP) is 5.97. The molecule has 4 rings (SSSR count). The van der Waals surface area contributed by atoms with Gasteiger partial charge in [-0.15, -0.1) is 0 Å². The van der Waals surface area contributed by atoms with Gasteiger partial charge in [0.1, 0.15) is 11.6 Å². The van der Waals surface area contributed by atoms with E-state index in [1.165, 1.54) is 6.08 Å². The first-order chi connectivity index (χ1) is 17.2. The van der Waals surface area contributed by atoms with Crippen molar-refractivity contribution in [2.24, 2.45) is 4.74 Å². The van der Waals surface area contributed by atoms with Crippen LogP contribution in [0.15, 0.2) is 126 Å². The van der Waals surface area contributed by atoms with Crippen LogP contribution in [0.3, 0.4) is 0 Å². The fraction of sp³-hybridized carbons (Fsp3) is 0.0667. The number of hydrogen-bond donors (Lipinski definition) is 0. The lowest BCUT2D eigenvalue weighted by Crippen LogP contribution is -2.25. The Morgan fingerprint density at radius 3 is 1.66 bits per heavy atom. The van der Waals surface area contributed by atoms with Crippen LogP contribution in [-0.2, 0) is 9.53 Å². The van der Waals surface area contributed by atoms with E-state index in [1.54, 1.807) is 6.92 Å². The number of nitrogens with zero attached hydrogens (tertiary/aromatic N) is 2. The normalized spacial score (nSPS) is 11.4. The van der Waals surface area contributed by atoms with Gasteiger partial charge in [0.15, 0.2) is 0 Å². The van der Waals surface area contributed by atoms with Gasteiger partial charge in [-0.3, -0.25) is 4.74 Å². The number of benzene rings is 4. The number of hydrogen-bond acceptors (Lipinski definition) is 4. The SMILES string of the molecule is CCOC(=O)/C(C#N)=C\c1ccc(N=P(c2ccccc2)(c2ccccc2)c2ccccc2)cc1. The second kappa shape index (κ2) is 11.3. The van der Waals surface area contributed by atoms with Gasteiger partial charge >= 0.3 is 5.97 Å². The highest BCUT2D eigenvalue weighted by molar-refractivity contribution is 7.87. The summed E-state index contributed by atoms with van der Waals surface area (Å²) in [5, 5.41) is 12.8. The lowest BCUT2D eigenvalue weighted by atomic mass is 10.1. The molecule has 0 aliphatic rings. The van der Waals surface area contributed by atoms with Crippen LogP contribution in [0, 0.1) is 11.3 Å². The van der Waals surface area contributed by atoms with E-state index < -0.39 is 13.0 Å². The number of nitriles is 1. The molecule has 0 aromatic heterocycles. The lowest BCUT2D eigenvalue weighted by molar-refractivity contribution is -0.137. The van der Waals surface area contributed by atoms with Crippen molar-refractivity contribution in [3.05, 3.63) is 126 Å². The van der Waals surface area contributed by atoms with Gasteiger partial charge in [-0.25, -0.2) is 4.79 Å². The molecule has 0 saturated heterocycles. The van der Waals surface area contributed by atoms with E-state index in [2.05, 4.69) is 72.8 Å². The van der Waals surface area contributed by atoms with E-state index in [0.29, 0.717) is 0 Å². The Labute approximate surface area is 206 Å². The zero-order valence-corrected chi connectivity index (χ0v) is 20.3. The minimum atomic E-state index is -2.37. The van der Waals surface area contributed by atoms with Gasteiger partial charge in [0.05, 0.1) is 19.3 Å². The summed E-state index contributed by atoms with van der Waals surface area (Å²) in [6, 6.07) is 40.8. The third kappa shape index (κ3) is 5.32. The Hall–Kier alpha value is -4.19. The first-order valence-electron chi connectivity index (χ1n) is 11.4. The molecule has 0 spiro atoms. The summed E-state index contributed by atoms with van der Waals surface area (Å²) in [5.74, 6) is -0.620. The van der Waals surface area contributed by atoms with Crippen LogP contribution in [0.2, 0.25) is 0 Å². The zero-order chi connectivity index (χ0) is 24.5. The molecule has 0 saturated carbocycles. The van der Waals surface area contributed by atoms with Crippen LogP contribution < -0.4 is 15.9 Å². The third-order valence-electron chi connectivity index (χ3n) is 5.47. The second-order valence-electron chi connectivity index (χ2n) is 7.72. The van der Waals surface area contributed by atoms with Gasteiger partial charge in [-0.05, 0) is 30.7 Å². The molecule has 35 heavy (non-hydrogen) atoms. The monoisotopic (exact) mass is 476 g/mol. The van der Waals surface area contributed by atoms with E-state index in [4.69, 9.17) is 9.48 Å². The Kier molecular flexibility index (Phi) is 7.73. The van der Waals surface area contributed by atoms with Gasteiger partial charge in [0.25, 0.3) is 0 Å². The highest BCUT2D eigenvalue weighted by Gasteiger charge is 2.27. The molecule has 0 N–H and O–H groups in total. The highest BCUT2D eigenvalue weighted by Crippen LogP contribution is 2.49. The highest BCUT2D eigenvalue weighted by atomic mass is 31.2. The van der Waals surface area contributed by atoms with E-state index in [9.17, 15) is 10.1 Å². The van der Waals surface area contributed by atoms with Crippen molar-refractivity contribution in [1.29, 1.82) is 5.26 Å². The van der Waals surface area contributed by atoms with Crippen LogP contribution >= 0.6 is 7.05 Å². The Balaban J connectivity index is 1.90. The summed E-state index contributed by atoms with van der Waals surface area (Å²) in [5.41, 5.74) is 1.52. The third-order valence-corrected chi connectivity index (χ3v) is 9.14. The van der Waals surface area contributed by atoms with Crippen molar-refractivity contribution in [2.75, 3.05) is 6.61 Å². The molecule has 0 unspecified atom stereocenters. The van der Waals surface area contributed by atoms with Gasteiger partial charge < -0.3 is 4.74 Å². The van der Waals surface area contributed by atoms with Gasteiger partial charge in [0.2, 0.25) is 0 Å². The summed E-state index contributed by atoms with van der Waals surface area (Å²) in [7, 11) is -2.37. The second-order valence-corrected chi connectivity index (χ2v) is 10.7. The standard InChI is InChI=1S/C30H25N2O2P/c1-2-34-30(33)25(23-31)22-24-18-20-26(21-19-24)32-35(27-12-6-3-7-13-27,28-14-8-4-9-15-28)29-16-10-5-11-17-29/h3-22H,2H2,1H3/b25-22-. The first-order valence-corrected chi connectivity index (χ1v) is 13.1. The van der Waals surface area contributed by atoms with Crippen LogP contribution in [-0.4, -0.2) is 12.6 Å². The van der Waals surface area contributed by atoms with Gasteiger partial charge in [0, 0.05) is 15.9 Å². The molecular weight excluding hydrogens is 451 g/mol. The molecular formula is C30H25N2O2P. The maximum absolute atomic E-state index is 12.0. The number of carbonyl (C=O) groups is 1. The number of esters is 1. The Morgan fingerprint density at radius 1 is 0.800 bits per heavy atom. The molecule has 0 heterocycles. The van der Waals surface area contributed by atoms with Crippen molar-refractivity contribution in [1.82, 2.24) is 0 Å². The largest absolute Gasteiger partial charge is 0.462 e. The van der Waals surface area contributed by atoms with E-state index in [1.807, 2.05) is 48.5 Å². The quantitative estimate of drug-likeness (QED) is 0.143. The van der Waals surface area contributed by atoms with Crippen molar-refractivity contribution < 1.29 is 9.53 Å². The summed E-state index contributed by atoms with van der Waals surface area (Å²) in [6.07, 6.45) is 1.54. The topological polar surface area (TPSA) is 62.5 Å². The van der Waals surface area contributed by atoms with Crippen LogP contribution in [0.25, 0.3) is 6.08 Å². The van der Waals surface area contributed by atoms with Crippen molar-refractivity contribution in [3.8, 4) is 6.07 Å². The predicted molar refractivity (Wildman–Crippen MR) is 144 cm³/mol. The fourth-order valence-corrected chi connectivity index (χ4v) is 7.41. The fourth-order valence-electron chi connectivity index (χ4n) is 3.87. The molecule has 4 aromatic rings. The molecule has 0 amide bonds. The number of rotatable bonds is 7. The molecule has 5 heteroatoms. The van der Waals surface area contributed by atoms with Gasteiger partial charge in [-0.1, -0.05) is 103 Å². The molecule has 0 atom stereocenters. The molecule has 4 nitrogen and oxygen atoms in total. The summed E-state index contributed by atoms with van der Waals surface area (Å²) >= 11 is 0. The van der Waals surface area contributed by atoms with Crippen LogP contribution in [0.5, 0.6) is 0 Å². The summed E-state index contributed by atoms with van der Waals surface area (Å²) < 4.78 is 10.4. The number of ether oxygens (including phenoxy) is 1. The Bertz CT molecular complexity index is 1300. The number of carbonyl (C=O) groups excluding carboxylic acids is 1. The van der Waals surface area contributed by atoms with Gasteiger partial charge in [-0.2, -0.15) is 5.26 Å². The Morgan fingerprint density at radius 2 is 1.26 bits per heavy atom. The zero-order valence-electron chi connectivity index (χ0n) is 19.4. The first kappa shape index (κ1) is 24.0. The molecule has 0 aliphatic carbocycles. The maximum Gasteiger partial charge on any atom is 0.348 e. The van der Waals surface area contributed by atoms with Crippen molar-refractivity contribution >= 4 is 40.7 Å². The molecule has 0 radical (unpaired) electrons. The molecule has 0 fully saturated rings. The van der Waals surface area contributed by atoms with Crippen LogP contribution in [0.4, 0.5) is 5.69 Å². The van der Waals surface area contributed by atoms with Crippen molar-refractivity contribution in [3.63, 3.8) is 0 Å². The van der Waals surface area contributed by atoms with E-state index in [-0.39, 0.29) is 12.2 Å². The molecule has 0 bridgehead atoms. The van der Waals surface area contributed by atoms with Crippen molar-refractivity contribution in [2.45, 2.75) is 6.92 Å². The van der Waals surface area contributed by atoms with E-state index >= 15 is 0 Å². The molecule has 172 valence electrons. The average molecular weight is 477 g/mol. The summed E-state index contributed by atoms with van der Waals surface area (Å²) in [4.78, 5) is 12.0. The average Bonchev–Trinajstić information content (AvgIpc) is 2.93. The minimum Gasteiger partial charge on any atom is -0.462 e. The maximum atomic E-state index is 12.0. The molecule has 4 aromatic carbocycles. The summed E-state index contributed by atoms with van der Waals surface area (Å²) in [6.45, 7) is 1.94. The minimum absolute atomic E-state index is 0.0313. The van der Waals surface area contributed by atoms with Crippen LogP contribution in [0.1, 0.15) is 12.5 Å². The van der Waals surface area contributed by atoms with E-state index in [0.717, 1.165) is 27.2 Å². The molecule has 0 aliphatic heterocycles. The smallest absolute Gasteiger partial charge is 0.348 e.